The van der Waals surface area contributed by atoms with E-state index >= 15 is 0 Å². The van der Waals surface area contributed by atoms with Gasteiger partial charge < -0.3 is 4.90 Å². The van der Waals surface area contributed by atoms with Crippen LogP contribution in [0.3, 0.4) is 0 Å². The highest BCUT2D eigenvalue weighted by molar-refractivity contribution is 7.88. The molecule has 2 aromatic carbocycles. The van der Waals surface area contributed by atoms with E-state index < -0.39 is 10.0 Å². The summed E-state index contributed by atoms with van der Waals surface area (Å²) in [6.45, 7) is 4.21. The number of sulfonamides is 1. The maximum atomic E-state index is 13.0. The number of carbonyl (C=O) groups excluding carboxylic acids is 1. The van der Waals surface area contributed by atoms with Gasteiger partial charge in [0, 0.05) is 32.1 Å². The van der Waals surface area contributed by atoms with Gasteiger partial charge in [0.15, 0.2) is 0 Å². The van der Waals surface area contributed by atoms with Crippen LogP contribution in [-0.4, -0.2) is 43.2 Å². The highest BCUT2D eigenvalue weighted by atomic mass is 32.2. The van der Waals surface area contributed by atoms with E-state index in [9.17, 15) is 13.2 Å². The Hall–Kier alpha value is -2.18. The van der Waals surface area contributed by atoms with E-state index in [1.165, 1.54) is 11.1 Å². The molecule has 1 amide bonds. The Morgan fingerprint density at radius 1 is 0.966 bits per heavy atom. The molecule has 29 heavy (non-hydrogen) atoms. The lowest BCUT2D eigenvalue weighted by molar-refractivity contribution is -0.137. The molecule has 154 valence electrons. The average Bonchev–Trinajstić information content (AvgIpc) is 2.74. The van der Waals surface area contributed by atoms with Crippen LogP contribution in [0.4, 0.5) is 0 Å². The van der Waals surface area contributed by atoms with Gasteiger partial charge in [0.2, 0.25) is 15.9 Å². The van der Waals surface area contributed by atoms with E-state index in [4.69, 9.17) is 0 Å². The minimum Gasteiger partial charge on any atom is -0.338 e. The van der Waals surface area contributed by atoms with Crippen molar-refractivity contribution in [1.29, 1.82) is 0 Å². The van der Waals surface area contributed by atoms with Crippen molar-refractivity contribution in [2.75, 3.05) is 19.6 Å². The first-order valence-electron chi connectivity index (χ1n) is 10.3. The summed E-state index contributed by atoms with van der Waals surface area (Å²) >= 11 is 0. The van der Waals surface area contributed by atoms with Crippen molar-refractivity contribution in [1.82, 2.24) is 9.21 Å². The lowest BCUT2D eigenvalue weighted by Crippen LogP contribution is -2.45. The SMILES string of the molecule is Cc1ccccc1CS(=O)(=O)N1CCC(C(=O)N2CCc3ccccc3C2)CC1. The van der Waals surface area contributed by atoms with Crippen LogP contribution in [0.2, 0.25) is 0 Å². The summed E-state index contributed by atoms with van der Waals surface area (Å²) in [6.07, 6.45) is 2.10. The van der Waals surface area contributed by atoms with E-state index in [0.29, 0.717) is 32.5 Å². The Bertz CT molecular complexity index is 995. The van der Waals surface area contributed by atoms with E-state index in [0.717, 1.165) is 24.1 Å². The molecule has 0 N–H and O–H groups in total. The van der Waals surface area contributed by atoms with Gasteiger partial charge >= 0.3 is 0 Å². The fourth-order valence-corrected chi connectivity index (χ4v) is 6.05. The minimum absolute atomic E-state index is 0.0290. The van der Waals surface area contributed by atoms with Crippen LogP contribution in [0.5, 0.6) is 0 Å². The molecule has 1 fully saturated rings. The molecule has 6 heteroatoms. The maximum absolute atomic E-state index is 13.0. The molecule has 0 aliphatic carbocycles. The Labute approximate surface area is 173 Å². The van der Waals surface area contributed by atoms with E-state index in [2.05, 4.69) is 12.1 Å². The number of benzene rings is 2. The molecule has 0 radical (unpaired) electrons. The molecule has 4 rings (SSSR count). The van der Waals surface area contributed by atoms with Gasteiger partial charge in [-0.2, -0.15) is 0 Å². The zero-order valence-electron chi connectivity index (χ0n) is 16.9. The van der Waals surface area contributed by atoms with Crippen LogP contribution in [0.1, 0.15) is 35.1 Å². The maximum Gasteiger partial charge on any atom is 0.226 e. The Morgan fingerprint density at radius 2 is 1.62 bits per heavy atom. The third-order valence-electron chi connectivity index (χ3n) is 6.24. The first-order valence-corrected chi connectivity index (χ1v) is 11.9. The van der Waals surface area contributed by atoms with Crippen LogP contribution in [0.25, 0.3) is 0 Å². The van der Waals surface area contributed by atoms with Crippen LogP contribution in [0.15, 0.2) is 48.5 Å². The Kier molecular flexibility index (Phi) is 5.74. The molecule has 0 bridgehead atoms. The molecule has 0 unspecified atom stereocenters. The number of amides is 1. The molecule has 0 spiro atoms. The van der Waals surface area contributed by atoms with Crippen LogP contribution < -0.4 is 0 Å². The summed E-state index contributed by atoms with van der Waals surface area (Å²) in [7, 11) is -3.36. The number of carbonyl (C=O) groups is 1. The molecule has 0 atom stereocenters. The second-order valence-electron chi connectivity index (χ2n) is 8.13. The number of piperidine rings is 1. The number of rotatable bonds is 4. The zero-order chi connectivity index (χ0) is 20.4. The van der Waals surface area contributed by atoms with Gasteiger partial charge in [-0.1, -0.05) is 48.5 Å². The van der Waals surface area contributed by atoms with Crippen molar-refractivity contribution < 1.29 is 13.2 Å². The average molecular weight is 413 g/mol. The Morgan fingerprint density at radius 3 is 2.34 bits per heavy atom. The first-order chi connectivity index (χ1) is 13.9. The minimum atomic E-state index is -3.36. The monoisotopic (exact) mass is 412 g/mol. The van der Waals surface area contributed by atoms with Crippen LogP contribution in [0, 0.1) is 12.8 Å². The fourth-order valence-electron chi connectivity index (χ4n) is 4.38. The van der Waals surface area contributed by atoms with Crippen molar-refractivity contribution in [3.8, 4) is 0 Å². The predicted octanol–water partition coefficient (Wildman–Crippen LogP) is 3.12. The third kappa shape index (κ3) is 4.38. The first kappa shape index (κ1) is 20.1. The summed E-state index contributed by atoms with van der Waals surface area (Å²) in [5.74, 6) is 0.127. The number of aryl methyl sites for hydroxylation is 1. The standard InChI is InChI=1S/C23H28N2O3S/c1-18-6-2-3-9-22(18)17-29(27,28)25-14-11-20(12-15-25)23(26)24-13-10-19-7-4-5-8-21(19)16-24/h2-9,20H,10-17H2,1H3. The van der Waals surface area contributed by atoms with Gasteiger partial charge in [0.25, 0.3) is 0 Å². The van der Waals surface area contributed by atoms with E-state index in [1.807, 2.05) is 48.2 Å². The van der Waals surface area contributed by atoms with Crippen molar-refractivity contribution in [3.05, 3.63) is 70.8 Å². The second-order valence-corrected chi connectivity index (χ2v) is 10.1. The quantitative estimate of drug-likeness (QED) is 0.775. The topological polar surface area (TPSA) is 57.7 Å². The highest BCUT2D eigenvalue weighted by Crippen LogP contribution is 2.26. The summed E-state index contributed by atoms with van der Waals surface area (Å²) in [4.78, 5) is 15.0. The normalized spacial score (nSPS) is 18.4. The van der Waals surface area contributed by atoms with Gasteiger partial charge in [-0.05, 0) is 48.4 Å². The molecular weight excluding hydrogens is 384 g/mol. The van der Waals surface area contributed by atoms with Gasteiger partial charge in [-0.25, -0.2) is 12.7 Å². The van der Waals surface area contributed by atoms with E-state index in [1.54, 1.807) is 4.31 Å². The lowest BCUT2D eigenvalue weighted by atomic mass is 9.94. The highest BCUT2D eigenvalue weighted by Gasteiger charge is 2.34. The van der Waals surface area contributed by atoms with Crippen LogP contribution >= 0.6 is 0 Å². The largest absolute Gasteiger partial charge is 0.338 e. The number of hydrogen-bond acceptors (Lipinski definition) is 3. The summed E-state index contributed by atoms with van der Waals surface area (Å²) < 4.78 is 27.3. The molecule has 2 aliphatic heterocycles. The third-order valence-corrected chi connectivity index (χ3v) is 8.07. The molecule has 2 aliphatic rings. The molecule has 0 aromatic heterocycles. The Balaban J connectivity index is 1.36. The van der Waals surface area contributed by atoms with Crippen molar-refractivity contribution in [3.63, 3.8) is 0 Å². The number of nitrogens with zero attached hydrogens (tertiary/aromatic N) is 2. The van der Waals surface area contributed by atoms with Gasteiger partial charge in [-0.3, -0.25) is 4.79 Å². The molecule has 5 nitrogen and oxygen atoms in total. The van der Waals surface area contributed by atoms with Gasteiger partial charge in [0.1, 0.15) is 0 Å². The van der Waals surface area contributed by atoms with Crippen LogP contribution in [-0.2, 0) is 33.5 Å². The smallest absolute Gasteiger partial charge is 0.226 e. The van der Waals surface area contributed by atoms with Crippen molar-refractivity contribution >= 4 is 15.9 Å². The zero-order valence-corrected chi connectivity index (χ0v) is 17.7. The summed E-state index contributed by atoms with van der Waals surface area (Å²) in [5, 5.41) is 0. The number of fused-ring (bicyclic) bond motifs is 1. The molecule has 0 saturated carbocycles. The summed E-state index contributed by atoms with van der Waals surface area (Å²) in [6, 6.07) is 15.9. The lowest BCUT2D eigenvalue weighted by Gasteiger charge is -2.35. The number of hydrogen-bond donors (Lipinski definition) is 0. The predicted molar refractivity (Wildman–Crippen MR) is 114 cm³/mol. The van der Waals surface area contributed by atoms with Crippen molar-refractivity contribution in [2.45, 2.75) is 38.5 Å². The van der Waals surface area contributed by atoms with Gasteiger partial charge in [-0.15, -0.1) is 0 Å². The molecule has 2 heterocycles. The molecule has 2 aromatic rings. The van der Waals surface area contributed by atoms with E-state index in [-0.39, 0.29) is 17.6 Å². The fraction of sp³-hybridized carbons (Fsp3) is 0.435. The van der Waals surface area contributed by atoms with Gasteiger partial charge in [0.05, 0.1) is 5.75 Å². The summed E-state index contributed by atoms with van der Waals surface area (Å²) in [5.41, 5.74) is 4.39. The molecule has 1 saturated heterocycles. The molecular formula is C23H28N2O3S. The second kappa shape index (κ2) is 8.28. The van der Waals surface area contributed by atoms with Crippen molar-refractivity contribution in [2.24, 2.45) is 5.92 Å².